The van der Waals surface area contributed by atoms with Crippen molar-refractivity contribution in [3.05, 3.63) is 72.9 Å². The molecule has 0 unspecified atom stereocenters. The van der Waals surface area contributed by atoms with Crippen LogP contribution in [0, 0.1) is 5.82 Å². The topological polar surface area (TPSA) is 41.6 Å². The third-order valence-electron chi connectivity index (χ3n) is 3.64. The van der Waals surface area contributed by atoms with E-state index in [4.69, 9.17) is 0 Å². The van der Waals surface area contributed by atoms with Crippen LogP contribution in [0.2, 0.25) is 0 Å². The lowest BCUT2D eigenvalue weighted by Gasteiger charge is -2.05. The Hall–Kier alpha value is -3.01. The minimum atomic E-state index is -0.261. The maximum atomic E-state index is 13.7. The summed E-state index contributed by atoms with van der Waals surface area (Å²) in [4.78, 5) is 11.9. The van der Waals surface area contributed by atoms with Gasteiger partial charge < -0.3 is 4.98 Å². The van der Waals surface area contributed by atoms with Gasteiger partial charge in [-0.1, -0.05) is 12.1 Å². The van der Waals surface area contributed by atoms with Gasteiger partial charge in [-0.2, -0.15) is 0 Å². The second kappa shape index (κ2) is 5.07. The average Bonchev–Trinajstić information content (AvgIpc) is 2.95. The predicted octanol–water partition coefficient (Wildman–Crippen LogP) is 4.43. The quantitative estimate of drug-likeness (QED) is 0.593. The Morgan fingerprint density at radius 1 is 0.864 bits per heavy atom. The van der Waals surface area contributed by atoms with Gasteiger partial charge in [0.2, 0.25) is 0 Å². The van der Waals surface area contributed by atoms with E-state index in [1.165, 1.54) is 12.1 Å². The van der Waals surface area contributed by atoms with Crippen molar-refractivity contribution in [3.63, 3.8) is 0 Å². The van der Waals surface area contributed by atoms with Crippen molar-refractivity contribution in [2.24, 2.45) is 0 Å². The molecule has 106 valence electrons. The van der Waals surface area contributed by atoms with Gasteiger partial charge in [-0.25, -0.2) is 4.39 Å². The van der Waals surface area contributed by atoms with Crippen LogP contribution in [-0.2, 0) is 0 Å². The Labute approximate surface area is 126 Å². The first-order valence-corrected chi connectivity index (χ1v) is 6.96. The van der Waals surface area contributed by atoms with Crippen LogP contribution >= 0.6 is 0 Å². The Bertz CT molecular complexity index is 945. The summed E-state index contributed by atoms with van der Waals surface area (Å²) in [7, 11) is 0. The van der Waals surface area contributed by atoms with Crippen LogP contribution in [0.15, 0.2) is 67.1 Å². The number of aromatic amines is 1. The van der Waals surface area contributed by atoms with Crippen LogP contribution in [-0.4, -0.2) is 15.0 Å². The summed E-state index contributed by atoms with van der Waals surface area (Å²) < 4.78 is 13.7. The standard InChI is InChI=1S/C18H12FN3/c19-14-4-1-3-13(11-14)16-17(12-6-9-20-10-7-12)22-15-5-2-8-21-18(15)16/h1-11,22H. The molecule has 22 heavy (non-hydrogen) atoms. The van der Waals surface area contributed by atoms with Crippen LogP contribution in [0.5, 0.6) is 0 Å². The summed E-state index contributed by atoms with van der Waals surface area (Å²) >= 11 is 0. The molecule has 1 N–H and O–H groups in total. The lowest BCUT2D eigenvalue weighted by Crippen LogP contribution is -1.85. The largest absolute Gasteiger partial charge is 0.353 e. The molecule has 4 rings (SSSR count). The third-order valence-corrected chi connectivity index (χ3v) is 3.64. The Balaban J connectivity index is 2.07. The van der Waals surface area contributed by atoms with E-state index in [1.54, 1.807) is 24.7 Å². The number of hydrogen-bond donors (Lipinski definition) is 1. The molecule has 3 aromatic heterocycles. The molecule has 4 aromatic rings. The van der Waals surface area contributed by atoms with E-state index >= 15 is 0 Å². The van der Waals surface area contributed by atoms with Crippen LogP contribution in [0.4, 0.5) is 4.39 Å². The van der Waals surface area contributed by atoms with Crippen molar-refractivity contribution in [3.8, 4) is 22.4 Å². The van der Waals surface area contributed by atoms with Gasteiger partial charge in [-0.15, -0.1) is 0 Å². The summed E-state index contributed by atoms with van der Waals surface area (Å²) in [6.07, 6.45) is 5.22. The van der Waals surface area contributed by atoms with Gasteiger partial charge >= 0.3 is 0 Å². The maximum Gasteiger partial charge on any atom is 0.123 e. The minimum Gasteiger partial charge on any atom is -0.353 e. The molecule has 3 nitrogen and oxygen atoms in total. The highest BCUT2D eigenvalue weighted by atomic mass is 19.1. The molecule has 0 saturated heterocycles. The number of pyridine rings is 2. The number of rotatable bonds is 2. The zero-order chi connectivity index (χ0) is 14.9. The van der Waals surface area contributed by atoms with Gasteiger partial charge in [0.1, 0.15) is 5.82 Å². The first kappa shape index (κ1) is 12.7. The summed E-state index contributed by atoms with van der Waals surface area (Å²) in [5, 5.41) is 0. The molecule has 0 fully saturated rings. The number of nitrogens with one attached hydrogen (secondary N) is 1. The third kappa shape index (κ3) is 2.05. The summed E-state index contributed by atoms with van der Waals surface area (Å²) in [6.45, 7) is 0. The number of aromatic nitrogens is 3. The van der Waals surface area contributed by atoms with E-state index in [0.29, 0.717) is 0 Å². The summed E-state index contributed by atoms with van der Waals surface area (Å²) in [5.74, 6) is -0.261. The van der Waals surface area contributed by atoms with Crippen LogP contribution < -0.4 is 0 Å². The highest BCUT2D eigenvalue weighted by Crippen LogP contribution is 2.37. The lowest BCUT2D eigenvalue weighted by atomic mass is 10.0. The Kier molecular flexibility index (Phi) is 2.93. The molecule has 0 amide bonds. The van der Waals surface area contributed by atoms with E-state index in [0.717, 1.165) is 33.4 Å². The van der Waals surface area contributed by atoms with E-state index in [-0.39, 0.29) is 5.82 Å². The van der Waals surface area contributed by atoms with Crippen molar-refractivity contribution in [2.75, 3.05) is 0 Å². The molecule has 0 aliphatic rings. The van der Waals surface area contributed by atoms with E-state index in [2.05, 4.69) is 15.0 Å². The number of benzene rings is 1. The molecule has 4 heteroatoms. The zero-order valence-corrected chi connectivity index (χ0v) is 11.6. The maximum absolute atomic E-state index is 13.7. The predicted molar refractivity (Wildman–Crippen MR) is 84.7 cm³/mol. The molecule has 3 heterocycles. The highest BCUT2D eigenvalue weighted by molar-refractivity contribution is 6.01. The van der Waals surface area contributed by atoms with Gasteiger partial charge in [0.05, 0.1) is 16.7 Å². The fourth-order valence-corrected chi connectivity index (χ4v) is 2.68. The summed E-state index contributed by atoms with van der Waals surface area (Å²) in [6, 6.07) is 14.3. The first-order chi connectivity index (χ1) is 10.8. The smallest absolute Gasteiger partial charge is 0.123 e. The lowest BCUT2D eigenvalue weighted by molar-refractivity contribution is 0.628. The van der Waals surface area contributed by atoms with Gasteiger partial charge in [0.25, 0.3) is 0 Å². The SMILES string of the molecule is Fc1cccc(-c2c(-c3ccncc3)[nH]c3cccnc23)c1. The van der Waals surface area contributed by atoms with Crippen molar-refractivity contribution < 1.29 is 4.39 Å². The van der Waals surface area contributed by atoms with Gasteiger partial charge in [-0.05, 0) is 42.0 Å². The molecule has 0 radical (unpaired) electrons. The normalized spacial score (nSPS) is 11.0. The summed E-state index contributed by atoms with van der Waals surface area (Å²) in [5.41, 5.74) is 5.38. The molecule has 1 aromatic carbocycles. The van der Waals surface area contributed by atoms with E-state index < -0.39 is 0 Å². The number of nitrogens with zero attached hydrogens (tertiary/aromatic N) is 2. The monoisotopic (exact) mass is 289 g/mol. The van der Waals surface area contributed by atoms with Gasteiger partial charge in [0.15, 0.2) is 0 Å². The number of hydrogen-bond acceptors (Lipinski definition) is 2. The van der Waals surface area contributed by atoms with Gasteiger partial charge in [0, 0.05) is 29.7 Å². The van der Waals surface area contributed by atoms with Crippen molar-refractivity contribution in [1.29, 1.82) is 0 Å². The fourth-order valence-electron chi connectivity index (χ4n) is 2.68. The minimum absolute atomic E-state index is 0.261. The molecule has 0 aliphatic heterocycles. The first-order valence-electron chi connectivity index (χ1n) is 6.96. The van der Waals surface area contributed by atoms with E-state index in [1.807, 2.05) is 30.3 Å². The number of H-pyrrole nitrogens is 1. The molecule has 0 spiro atoms. The van der Waals surface area contributed by atoms with Gasteiger partial charge in [-0.3, -0.25) is 9.97 Å². The van der Waals surface area contributed by atoms with Crippen molar-refractivity contribution in [2.45, 2.75) is 0 Å². The van der Waals surface area contributed by atoms with Crippen LogP contribution in [0.1, 0.15) is 0 Å². The Morgan fingerprint density at radius 2 is 1.73 bits per heavy atom. The molecule has 0 aliphatic carbocycles. The van der Waals surface area contributed by atoms with Crippen LogP contribution in [0.3, 0.4) is 0 Å². The van der Waals surface area contributed by atoms with E-state index in [9.17, 15) is 4.39 Å². The molecular formula is C18H12FN3. The van der Waals surface area contributed by atoms with Crippen LogP contribution in [0.25, 0.3) is 33.4 Å². The number of fused-ring (bicyclic) bond motifs is 1. The molecule has 0 saturated carbocycles. The molecule has 0 atom stereocenters. The molecular weight excluding hydrogens is 277 g/mol. The fraction of sp³-hybridized carbons (Fsp3) is 0. The number of halogens is 1. The van der Waals surface area contributed by atoms with Crippen molar-refractivity contribution in [1.82, 2.24) is 15.0 Å². The Morgan fingerprint density at radius 3 is 2.55 bits per heavy atom. The second-order valence-electron chi connectivity index (χ2n) is 5.02. The zero-order valence-electron chi connectivity index (χ0n) is 11.6. The van der Waals surface area contributed by atoms with Crippen molar-refractivity contribution >= 4 is 11.0 Å². The average molecular weight is 289 g/mol. The second-order valence-corrected chi connectivity index (χ2v) is 5.02. The highest BCUT2D eigenvalue weighted by Gasteiger charge is 2.16. The molecule has 0 bridgehead atoms.